The number of hydrogen-bond acceptors (Lipinski definition) is 7. The number of benzene rings is 1. The molecule has 1 saturated heterocycles. The van der Waals surface area contributed by atoms with Crippen LogP contribution in [0.5, 0.6) is 0 Å². The molecule has 12 heteroatoms. The number of nitro benzene ring substituents is 1. The second kappa shape index (κ2) is 8.09. The van der Waals surface area contributed by atoms with Crippen LogP contribution in [0.2, 0.25) is 0 Å². The fourth-order valence-electron chi connectivity index (χ4n) is 3.05. The number of rotatable bonds is 7. The summed E-state index contributed by atoms with van der Waals surface area (Å²) in [6.07, 6.45) is 1.12. The summed E-state index contributed by atoms with van der Waals surface area (Å²) in [6.45, 7) is 4.94. The molecular formula is C15H24N4O6S2. The van der Waals surface area contributed by atoms with Crippen molar-refractivity contribution in [3.63, 3.8) is 0 Å². The Kier molecular flexibility index (Phi) is 6.45. The van der Waals surface area contributed by atoms with E-state index in [1.807, 2.05) is 0 Å². The zero-order chi connectivity index (χ0) is 20.4. The summed E-state index contributed by atoms with van der Waals surface area (Å²) < 4.78 is 51.0. The quantitative estimate of drug-likeness (QED) is 0.470. The first-order valence-corrected chi connectivity index (χ1v) is 11.8. The van der Waals surface area contributed by atoms with Crippen LogP contribution < -0.4 is 4.90 Å². The molecule has 152 valence electrons. The molecule has 1 aromatic rings. The zero-order valence-electron chi connectivity index (χ0n) is 15.5. The zero-order valence-corrected chi connectivity index (χ0v) is 17.2. The minimum atomic E-state index is -3.81. The fraction of sp³-hybridized carbons (Fsp3) is 0.600. The van der Waals surface area contributed by atoms with Crippen LogP contribution >= 0.6 is 0 Å². The molecule has 0 aliphatic carbocycles. The maximum Gasteiger partial charge on any atom is 0.293 e. The smallest absolute Gasteiger partial charge is 0.293 e. The van der Waals surface area contributed by atoms with Gasteiger partial charge in [0.05, 0.1) is 16.1 Å². The number of hydrogen-bond donors (Lipinski definition) is 0. The van der Waals surface area contributed by atoms with Crippen molar-refractivity contribution >= 4 is 31.4 Å². The van der Waals surface area contributed by atoms with Gasteiger partial charge in [-0.2, -0.15) is 8.61 Å². The number of piperazine rings is 1. The normalized spacial score (nSPS) is 16.7. The van der Waals surface area contributed by atoms with Crippen LogP contribution in [-0.4, -0.2) is 75.9 Å². The molecule has 1 fully saturated rings. The molecule has 0 amide bonds. The molecule has 0 unspecified atom stereocenters. The molecular weight excluding hydrogens is 396 g/mol. The van der Waals surface area contributed by atoms with Gasteiger partial charge in [-0.25, -0.2) is 16.8 Å². The fourth-order valence-corrected chi connectivity index (χ4v) is 5.36. The predicted octanol–water partition coefficient (Wildman–Crippen LogP) is 0.707. The van der Waals surface area contributed by atoms with E-state index >= 15 is 0 Å². The molecule has 0 aromatic heterocycles. The lowest BCUT2D eigenvalue weighted by atomic mass is 10.2. The average Bonchev–Trinajstić information content (AvgIpc) is 2.61. The molecule has 1 aliphatic heterocycles. The van der Waals surface area contributed by atoms with E-state index in [1.54, 1.807) is 18.7 Å². The molecule has 0 saturated carbocycles. The van der Waals surface area contributed by atoms with E-state index in [2.05, 4.69) is 0 Å². The molecule has 1 aliphatic rings. The molecule has 0 bridgehead atoms. The topological polar surface area (TPSA) is 121 Å². The first-order valence-electron chi connectivity index (χ1n) is 8.51. The Morgan fingerprint density at radius 3 is 2.07 bits per heavy atom. The van der Waals surface area contributed by atoms with Gasteiger partial charge in [0.15, 0.2) is 0 Å². The summed E-state index contributed by atoms with van der Waals surface area (Å²) >= 11 is 0. The van der Waals surface area contributed by atoms with Crippen molar-refractivity contribution in [1.29, 1.82) is 0 Å². The van der Waals surface area contributed by atoms with Crippen LogP contribution in [0, 0.1) is 10.1 Å². The minimum absolute atomic E-state index is 0.128. The minimum Gasteiger partial charge on any atom is -0.363 e. The van der Waals surface area contributed by atoms with Crippen LogP contribution in [0.3, 0.4) is 0 Å². The van der Waals surface area contributed by atoms with Crippen LogP contribution in [0.25, 0.3) is 0 Å². The Morgan fingerprint density at radius 2 is 1.63 bits per heavy atom. The number of anilines is 1. The SMILES string of the molecule is CCN(CC)S(=O)(=O)c1ccc(N2CCN(S(C)(=O)=O)CC2)c([N+](=O)[O-])c1. The molecule has 1 aromatic carbocycles. The van der Waals surface area contributed by atoms with E-state index in [4.69, 9.17) is 0 Å². The average molecular weight is 421 g/mol. The van der Waals surface area contributed by atoms with Crippen molar-refractivity contribution in [2.45, 2.75) is 18.7 Å². The van der Waals surface area contributed by atoms with Gasteiger partial charge in [-0.05, 0) is 12.1 Å². The van der Waals surface area contributed by atoms with Gasteiger partial charge in [-0.1, -0.05) is 13.8 Å². The second-order valence-electron chi connectivity index (χ2n) is 6.15. The summed E-state index contributed by atoms with van der Waals surface area (Å²) in [5.74, 6) is 0. The Balaban J connectivity index is 2.36. The highest BCUT2D eigenvalue weighted by Crippen LogP contribution is 2.32. The van der Waals surface area contributed by atoms with E-state index in [0.717, 1.165) is 12.3 Å². The maximum absolute atomic E-state index is 12.6. The highest BCUT2D eigenvalue weighted by molar-refractivity contribution is 7.89. The highest BCUT2D eigenvalue weighted by atomic mass is 32.2. The van der Waals surface area contributed by atoms with Gasteiger partial charge in [0.2, 0.25) is 20.0 Å². The van der Waals surface area contributed by atoms with Crippen LogP contribution in [-0.2, 0) is 20.0 Å². The number of sulfonamides is 2. The van der Waals surface area contributed by atoms with E-state index in [-0.39, 0.29) is 55.5 Å². The molecule has 10 nitrogen and oxygen atoms in total. The lowest BCUT2D eigenvalue weighted by Crippen LogP contribution is -2.48. The Bertz CT molecular complexity index is 904. The van der Waals surface area contributed by atoms with Gasteiger partial charge in [0, 0.05) is 45.3 Å². The number of nitro groups is 1. The monoisotopic (exact) mass is 420 g/mol. The van der Waals surface area contributed by atoms with E-state index < -0.39 is 25.0 Å². The lowest BCUT2D eigenvalue weighted by Gasteiger charge is -2.34. The molecule has 0 spiro atoms. The Labute approximate surface area is 159 Å². The van der Waals surface area contributed by atoms with Gasteiger partial charge < -0.3 is 4.90 Å². The van der Waals surface area contributed by atoms with Crippen LogP contribution in [0.4, 0.5) is 11.4 Å². The Hall–Kier alpha value is -1.76. The van der Waals surface area contributed by atoms with E-state index in [0.29, 0.717) is 0 Å². The van der Waals surface area contributed by atoms with Crippen LogP contribution in [0.15, 0.2) is 23.1 Å². The molecule has 0 atom stereocenters. The van der Waals surface area contributed by atoms with Crippen molar-refractivity contribution < 1.29 is 21.8 Å². The third-order valence-corrected chi connectivity index (χ3v) is 7.88. The van der Waals surface area contributed by atoms with Gasteiger partial charge in [-0.15, -0.1) is 0 Å². The largest absolute Gasteiger partial charge is 0.363 e. The summed E-state index contributed by atoms with van der Waals surface area (Å²) in [6, 6.07) is 3.86. The van der Waals surface area contributed by atoms with E-state index in [9.17, 15) is 26.9 Å². The second-order valence-corrected chi connectivity index (χ2v) is 10.1. The standard InChI is InChI=1S/C15H24N4O6S2/c1-4-17(5-2)27(24,25)13-6-7-14(15(12-13)19(20)21)16-8-10-18(11-9-16)26(3,22)23/h6-7,12H,4-5,8-11H2,1-3H3. The molecule has 2 rings (SSSR count). The highest BCUT2D eigenvalue weighted by Gasteiger charge is 2.30. The first-order chi connectivity index (χ1) is 12.5. The van der Waals surface area contributed by atoms with Crippen molar-refractivity contribution in [1.82, 2.24) is 8.61 Å². The van der Waals surface area contributed by atoms with Crippen molar-refractivity contribution in [2.24, 2.45) is 0 Å². The summed E-state index contributed by atoms with van der Waals surface area (Å²) in [7, 11) is -7.12. The van der Waals surface area contributed by atoms with E-state index in [1.165, 1.54) is 20.7 Å². The maximum atomic E-state index is 12.6. The summed E-state index contributed by atoms with van der Waals surface area (Å²) in [4.78, 5) is 12.5. The molecule has 0 radical (unpaired) electrons. The van der Waals surface area contributed by atoms with Gasteiger partial charge in [-0.3, -0.25) is 10.1 Å². The van der Waals surface area contributed by atoms with Gasteiger partial charge in [0.1, 0.15) is 5.69 Å². The van der Waals surface area contributed by atoms with Crippen molar-refractivity contribution in [3.05, 3.63) is 28.3 Å². The van der Waals surface area contributed by atoms with Crippen LogP contribution in [0.1, 0.15) is 13.8 Å². The van der Waals surface area contributed by atoms with Gasteiger partial charge in [0.25, 0.3) is 5.69 Å². The Morgan fingerprint density at radius 1 is 1.07 bits per heavy atom. The predicted molar refractivity (Wildman–Crippen MR) is 102 cm³/mol. The third kappa shape index (κ3) is 4.57. The molecule has 27 heavy (non-hydrogen) atoms. The van der Waals surface area contributed by atoms with Crippen molar-refractivity contribution in [3.8, 4) is 0 Å². The van der Waals surface area contributed by atoms with Gasteiger partial charge >= 0.3 is 0 Å². The summed E-state index contributed by atoms with van der Waals surface area (Å²) in [5, 5.41) is 11.5. The summed E-state index contributed by atoms with van der Waals surface area (Å²) in [5.41, 5.74) is -0.0253. The van der Waals surface area contributed by atoms with Crippen molar-refractivity contribution in [2.75, 3.05) is 50.4 Å². The lowest BCUT2D eigenvalue weighted by molar-refractivity contribution is -0.384. The molecule has 0 N–H and O–H groups in total. The first kappa shape index (κ1) is 21.5. The third-order valence-electron chi connectivity index (χ3n) is 4.54. The number of nitrogens with zero attached hydrogens (tertiary/aromatic N) is 4. The molecule has 1 heterocycles.